The third kappa shape index (κ3) is 2.87. The summed E-state index contributed by atoms with van der Waals surface area (Å²) in [6, 6.07) is 0.259. The highest BCUT2D eigenvalue weighted by atomic mass is 16.6. The van der Waals surface area contributed by atoms with Gasteiger partial charge in [0, 0.05) is 19.6 Å². The van der Waals surface area contributed by atoms with Gasteiger partial charge in [-0.15, -0.1) is 0 Å². The van der Waals surface area contributed by atoms with Gasteiger partial charge in [0.15, 0.2) is 0 Å². The summed E-state index contributed by atoms with van der Waals surface area (Å²) in [6.45, 7) is 5.56. The van der Waals surface area contributed by atoms with Gasteiger partial charge in [0.1, 0.15) is 0 Å². The first kappa shape index (κ1) is 14.0. The molecule has 1 spiro atoms. The van der Waals surface area contributed by atoms with E-state index in [4.69, 9.17) is 9.47 Å². The molecule has 3 unspecified atom stereocenters. The van der Waals surface area contributed by atoms with Crippen LogP contribution in [0, 0.1) is 5.92 Å². The predicted octanol–water partition coefficient (Wildman–Crippen LogP) is 1.43. The minimum atomic E-state index is -0.0567. The molecular weight excluding hydrogens is 256 g/mol. The average Bonchev–Trinajstić information content (AvgIpc) is 3.12. The van der Waals surface area contributed by atoms with Crippen LogP contribution in [0.4, 0.5) is 0 Å². The van der Waals surface area contributed by atoms with E-state index in [1.165, 1.54) is 0 Å². The lowest BCUT2D eigenvalue weighted by molar-refractivity contribution is -0.103. The quantitative estimate of drug-likeness (QED) is 0.853. The lowest BCUT2D eigenvalue weighted by Gasteiger charge is -2.40. The zero-order valence-electron chi connectivity index (χ0n) is 12.1. The summed E-state index contributed by atoms with van der Waals surface area (Å²) in [5.74, 6) is 0.530. The number of nitrogens with zero attached hydrogens (tertiary/aromatic N) is 2. The van der Waals surface area contributed by atoms with E-state index in [1.807, 2.05) is 6.20 Å². The van der Waals surface area contributed by atoms with Gasteiger partial charge in [0.25, 0.3) is 0 Å². The molecule has 0 aromatic carbocycles. The number of hydrogen-bond donors (Lipinski definition) is 2. The molecule has 1 aromatic heterocycles. The second-order valence-electron chi connectivity index (χ2n) is 5.91. The summed E-state index contributed by atoms with van der Waals surface area (Å²) < 4.78 is 11.6. The molecule has 112 valence electrons. The van der Waals surface area contributed by atoms with Crippen molar-refractivity contribution in [3.63, 3.8) is 0 Å². The predicted molar refractivity (Wildman–Crippen MR) is 74.3 cm³/mol. The van der Waals surface area contributed by atoms with Gasteiger partial charge >= 0.3 is 0 Å². The smallest absolute Gasteiger partial charge is 0.0996 e. The maximum atomic E-state index is 6.03. The van der Waals surface area contributed by atoms with Crippen LogP contribution in [0.1, 0.15) is 44.3 Å². The number of rotatable bonds is 5. The Morgan fingerprint density at radius 2 is 2.50 bits per heavy atom. The van der Waals surface area contributed by atoms with Crippen LogP contribution in [0.5, 0.6) is 0 Å². The van der Waals surface area contributed by atoms with Crippen molar-refractivity contribution in [3.8, 4) is 0 Å². The van der Waals surface area contributed by atoms with Crippen LogP contribution in [0.25, 0.3) is 0 Å². The summed E-state index contributed by atoms with van der Waals surface area (Å²) in [6.07, 6.45) is 6.08. The number of H-pyrrole nitrogens is 1. The van der Waals surface area contributed by atoms with Gasteiger partial charge in [-0.1, -0.05) is 6.92 Å². The molecule has 0 saturated carbocycles. The number of nitrogens with one attached hydrogen (secondary N) is 2. The van der Waals surface area contributed by atoms with Crippen LogP contribution in [0.2, 0.25) is 0 Å². The van der Waals surface area contributed by atoms with E-state index in [-0.39, 0.29) is 11.6 Å². The Kier molecular flexibility index (Phi) is 4.33. The van der Waals surface area contributed by atoms with Gasteiger partial charge in [-0.3, -0.25) is 0 Å². The maximum Gasteiger partial charge on any atom is 0.0996 e. The van der Waals surface area contributed by atoms with Crippen molar-refractivity contribution in [2.75, 3.05) is 26.4 Å². The van der Waals surface area contributed by atoms with Gasteiger partial charge in [-0.2, -0.15) is 15.4 Å². The summed E-state index contributed by atoms with van der Waals surface area (Å²) in [7, 11) is 0. The van der Waals surface area contributed by atoms with Crippen molar-refractivity contribution in [1.82, 2.24) is 20.7 Å². The molecule has 0 amide bonds. The van der Waals surface area contributed by atoms with Crippen LogP contribution < -0.4 is 5.32 Å². The summed E-state index contributed by atoms with van der Waals surface area (Å²) in [5.41, 5.74) is 0.957. The first-order valence-electron chi connectivity index (χ1n) is 7.64. The lowest BCUT2D eigenvalue weighted by Crippen LogP contribution is -2.44. The molecule has 2 aliphatic heterocycles. The Balaban J connectivity index is 1.72. The van der Waals surface area contributed by atoms with Crippen molar-refractivity contribution < 1.29 is 9.47 Å². The van der Waals surface area contributed by atoms with Gasteiger partial charge < -0.3 is 14.8 Å². The number of hydrogen-bond acceptors (Lipinski definition) is 5. The van der Waals surface area contributed by atoms with E-state index in [9.17, 15) is 0 Å². The van der Waals surface area contributed by atoms with E-state index in [1.54, 1.807) is 0 Å². The monoisotopic (exact) mass is 280 g/mol. The fraction of sp³-hybridized carbons (Fsp3) is 0.857. The zero-order chi connectivity index (χ0) is 13.8. The Labute approximate surface area is 119 Å². The SMILES string of the molecule is CCCNC(c1cn[nH]n1)C1CCOC2(CCOC2)C1. The molecule has 3 atom stereocenters. The second-order valence-corrected chi connectivity index (χ2v) is 5.91. The molecule has 20 heavy (non-hydrogen) atoms. The molecule has 3 heterocycles. The van der Waals surface area contributed by atoms with E-state index < -0.39 is 0 Å². The lowest BCUT2D eigenvalue weighted by atomic mass is 9.80. The van der Waals surface area contributed by atoms with Crippen molar-refractivity contribution >= 4 is 0 Å². The molecule has 0 radical (unpaired) electrons. The zero-order valence-corrected chi connectivity index (χ0v) is 12.1. The minimum absolute atomic E-state index is 0.0567. The van der Waals surface area contributed by atoms with Gasteiger partial charge in [0.2, 0.25) is 0 Å². The fourth-order valence-corrected chi connectivity index (χ4v) is 3.39. The minimum Gasteiger partial charge on any atom is -0.378 e. The van der Waals surface area contributed by atoms with Crippen molar-refractivity contribution in [2.45, 2.75) is 44.2 Å². The molecule has 6 heteroatoms. The topological polar surface area (TPSA) is 72.1 Å². The van der Waals surface area contributed by atoms with Crippen LogP contribution >= 0.6 is 0 Å². The van der Waals surface area contributed by atoms with E-state index in [2.05, 4.69) is 27.7 Å². The van der Waals surface area contributed by atoms with Gasteiger partial charge in [-0.05, 0) is 31.7 Å². The molecule has 2 N–H and O–H groups in total. The molecule has 6 nitrogen and oxygen atoms in total. The summed E-state index contributed by atoms with van der Waals surface area (Å²) in [4.78, 5) is 0. The van der Waals surface area contributed by atoms with Crippen LogP contribution in [0.3, 0.4) is 0 Å². The molecule has 0 bridgehead atoms. The fourth-order valence-electron chi connectivity index (χ4n) is 3.39. The first-order valence-corrected chi connectivity index (χ1v) is 7.64. The molecule has 2 fully saturated rings. The van der Waals surface area contributed by atoms with Crippen LogP contribution in [0.15, 0.2) is 6.20 Å². The highest BCUT2D eigenvalue weighted by molar-refractivity contribution is 5.05. The maximum absolute atomic E-state index is 6.03. The van der Waals surface area contributed by atoms with Crippen LogP contribution in [-0.2, 0) is 9.47 Å². The van der Waals surface area contributed by atoms with Crippen LogP contribution in [-0.4, -0.2) is 47.4 Å². The molecular formula is C14H24N4O2. The molecule has 2 saturated heterocycles. The largest absolute Gasteiger partial charge is 0.378 e. The van der Waals surface area contributed by atoms with E-state index in [0.717, 1.165) is 57.7 Å². The highest BCUT2D eigenvalue weighted by Crippen LogP contribution is 2.40. The molecule has 0 aliphatic carbocycles. The van der Waals surface area contributed by atoms with Crippen molar-refractivity contribution in [3.05, 3.63) is 11.9 Å². The van der Waals surface area contributed by atoms with E-state index in [0.29, 0.717) is 5.92 Å². The van der Waals surface area contributed by atoms with Gasteiger partial charge in [-0.25, -0.2) is 0 Å². The number of aromatic nitrogens is 3. The Morgan fingerprint density at radius 1 is 1.55 bits per heavy atom. The first-order chi connectivity index (χ1) is 9.83. The Bertz CT molecular complexity index is 403. The molecule has 2 aliphatic rings. The number of aromatic amines is 1. The molecule has 3 rings (SSSR count). The highest BCUT2D eigenvalue weighted by Gasteiger charge is 2.43. The Hall–Kier alpha value is -0.980. The van der Waals surface area contributed by atoms with E-state index >= 15 is 0 Å². The summed E-state index contributed by atoms with van der Waals surface area (Å²) in [5, 5.41) is 14.6. The summed E-state index contributed by atoms with van der Waals surface area (Å²) >= 11 is 0. The van der Waals surface area contributed by atoms with Gasteiger partial charge in [0.05, 0.1) is 30.1 Å². The second kappa shape index (κ2) is 6.20. The number of ether oxygens (including phenoxy) is 2. The third-order valence-corrected chi connectivity index (χ3v) is 4.44. The normalized spacial score (nSPS) is 31.8. The van der Waals surface area contributed by atoms with Crippen molar-refractivity contribution in [2.24, 2.45) is 5.92 Å². The average molecular weight is 280 g/mol. The molecule has 1 aromatic rings. The van der Waals surface area contributed by atoms with Crippen molar-refractivity contribution in [1.29, 1.82) is 0 Å². The standard InChI is InChI=1S/C14H24N4O2/c1-2-5-15-13(12-9-16-18-17-12)11-3-6-20-14(8-11)4-7-19-10-14/h9,11,13,15H,2-8,10H2,1H3,(H,16,17,18). The third-order valence-electron chi connectivity index (χ3n) is 4.44. The Morgan fingerprint density at radius 3 is 3.20 bits per heavy atom.